The van der Waals surface area contributed by atoms with Crippen LogP contribution in [0, 0.1) is 11.8 Å². The highest BCUT2D eigenvalue weighted by Crippen LogP contribution is 2.27. The molecule has 1 atom stereocenters. The Kier molecular flexibility index (Phi) is 10.6. The maximum Gasteiger partial charge on any atom is 0.305 e. The van der Waals surface area contributed by atoms with E-state index in [-0.39, 0.29) is 18.9 Å². The highest BCUT2D eigenvalue weighted by atomic mass is 32.2. The number of carbonyl (C=O) groups excluding carboxylic acids is 1. The van der Waals surface area contributed by atoms with Crippen LogP contribution in [0.15, 0.2) is 77.7 Å². The lowest BCUT2D eigenvalue weighted by molar-refractivity contribution is -0.136. The van der Waals surface area contributed by atoms with Crippen LogP contribution in [-0.4, -0.2) is 29.3 Å². The summed E-state index contributed by atoms with van der Waals surface area (Å²) >= 11 is 1.90. The third-order valence-corrected chi connectivity index (χ3v) is 7.43. The number of nitrogens with one attached hydrogen (secondary N) is 1. The van der Waals surface area contributed by atoms with Gasteiger partial charge in [0, 0.05) is 22.8 Å². The SMILES string of the molecule is CC(C)Cc1ccc(-c2ccc(SCC(C)CCc3ccc(C(=O)NCCC(=O)O)cc3)cc2)cc1. The molecule has 4 nitrogen and oxygen atoms in total. The first-order valence-corrected chi connectivity index (χ1v) is 13.7. The first-order chi connectivity index (χ1) is 17.3. The Hall–Kier alpha value is -3.05. The number of benzene rings is 3. The molecule has 0 aliphatic heterocycles. The number of carbonyl (C=O) groups is 2. The van der Waals surface area contributed by atoms with Crippen molar-refractivity contribution in [1.29, 1.82) is 0 Å². The van der Waals surface area contributed by atoms with Crippen molar-refractivity contribution < 1.29 is 14.7 Å². The molecule has 0 fully saturated rings. The summed E-state index contributed by atoms with van der Waals surface area (Å²) in [4.78, 5) is 23.9. The molecule has 1 amide bonds. The zero-order chi connectivity index (χ0) is 25.9. The van der Waals surface area contributed by atoms with Crippen LogP contribution in [0.4, 0.5) is 0 Å². The molecule has 3 aromatic carbocycles. The first-order valence-electron chi connectivity index (χ1n) is 12.7. The Balaban J connectivity index is 1.41. The molecule has 190 valence electrons. The van der Waals surface area contributed by atoms with Gasteiger partial charge in [0.25, 0.3) is 5.91 Å². The van der Waals surface area contributed by atoms with Gasteiger partial charge in [-0.25, -0.2) is 0 Å². The number of hydrogen-bond donors (Lipinski definition) is 2. The second kappa shape index (κ2) is 13.9. The van der Waals surface area contributed by atoms with Crippen molar-refractivity contribution in [2.24, 2.45) is 11.8 Å². The van der Waals surface area contributed by atoms with E-state index >= 15 is 0 Å². The van der Waals surface area contributed by atoms with Crippen LogP contribution in [-0.2, 0) is 17.6 Å². The van der Waals surface area contributed by atoms with Crippen LogP contribution in [0.1, 0.15) is 55.1 Å². The topological polar surface area (TPSA) is 66.4 Å². The summed E-state index contributed by atoms with van der Waals surface area (Å²) in [5.74, 6) is 1.15. The molecule has 0 heterocycles. The molecule has 3 rings (SSSR count). The van der Waals surface area contributed by atoms with Crippen molar-refractivity contribution >= 4 is 23.6 Å². The van der Waals surface area contributed by atoms with Crippen molar-refractivity contribution in [2.75, 3.05) is 12.3 Å². The molecule has 0 aromatic heterocycles. The number of thioether (sulfide) groups is 1. The van der Waals surface area contributed by atoms with Gasteiger partial charge in [0.05, 0.1) is 6.42 Å². The molecule has 0 radical (unpaired) electrons. The fraction of sp³-hybridized carbons (Fsp3) is 0.355. The molecule has 3 aromatic rings. The minimum absolute atomic E-state index is 0.0732. The first kappa shape index (κ1) is 27.5. The molecule has 5 heteroatoms. The lowest BCUT2D eigenvalue weighted by Gasteiger charge is -2.12. The van der Waals surface area contributed by atoms with Crippen LogP contribution in [0.3, 0.4) is 0 Å². The van der Waals surface area contributed by atoms with Gasteiger partial charge in [0.15, 0.2) is 0 Å². The van der Waals surface area contributed by atoms with Crippen molar-refractivity contribution in [2.45, 2.75) is 51.3 Å². The lowest BCUT2D eigenvalue weighted by Crippen LogP contribution is -2.25. The number of carboxylic acid groups (broad SMARTS) is 1. The van der Waals surface area contributed by atoms with Crippen molar-refractivity contribution in [1.82, 2.24) is 5.32 Å². The molecular weight excluding hydrogens is 466 g/mol. The Morgan fingerprint density at radius 1 is 0.833 bits per heavy atom. The van der Waals surface area contributed by atoms with E-state index in [2.05, 4.69) is 74.6 Å². The van der Waals surface area contributed by atoms with Gasteiger partial charge in [-0.1, -0.05) is 69.3 Å². The lowest BCUT2D eigenvalue weighted by atomic mass is 9.99. The summed E-state index contributed by atoms with van der Waals surface area (Å²) < 4.78 is 0. The molecule has 36 heavy (non-hydrogen) atoms. The van der Waals surface area contributed by atoms with Gasteiger partial charge in [-0.05, 0) is 77.6 Å². The number of rotatable bonds is 13. The van der Waals surface area contributed by atoms with Gasteiger partial charge in [-0.15, -0.1) is 11.8 Å². The van der Waals surface area contributed by atoms with Crippen LogP contribution >= 0.6 is 11.8 Å². The van der Waals surface area contributed by atoms with E-state index in [9.17, 15) is 9.59 Å². The molecule has 1 unspecified atom stereocenters. The number of aliphatic carboxylic acids is 1. The molecule has 0 spiro atoms. The third kappa shape index (κ3) is 9.19. The number of carboxylic acids is 1. The fourth-order valence-corrected chi connectivity index (χ4v) is 4.96. The van der Waals surface area contributed by atoms with Crippen molar-refractivity contribution in [3.05, 3.63) is 89.5 Å². The predicted octanol–water partition coefficient (Wildman–Crippen LogP) is 7.12. The predicted molar refractivity (Wildman–Crippen MR) is 150 cm³/mol. The Morgan fingerprint density at radius 3 is 2.00 bits per heavy atom. The summed E-state index contributed by atoms with van der Waals surface area (Å²) in [6.07, 6.45) is 3.09. The van der Waals surface area contributed by atoms with Crippen LogP contribution < -0.4 is 5.32 Å². The summed E-state index contributed by atoms with van der Waals surface area (Å²) in [7, 11) is 0. The quantitative estimate of drug-likeness (QED) is 0.244. The fourth-order valence-electron chi connectivity index (χ4n) is 3.99. The van der Waals surface area contributed by atoms with Gasteiger partial charge in [0.1, 0.15) is 0 Å². The molecule has 0 saturated heterocycles. The zero-order valence-corrected chi connectivity index (χ0v) is 22.3. The summed E-state index contributed by atoms with van der Waals surface area (Å²) in [5.41, 5.74) is 5.67. The van der Waals surface area contributed by atoms with E-state index in [1.54, 1.807) is 0 Å². The largest absolute Gasteiger partial charge is 0.481 e. The molecule has 0 bridgehead atoms. The zero-order valence-electron chi connectivity index (χ0n) is 21.5. The molecule has 2 N–H and O–H groups in total. The second-order valence-corrected chi connectivity index (χ2v) is 11.0. The van der Waals surface area contributed by atoms with E-state index in [1.165, 1.54) is 27.1 Å². The molecule has 0 saturated carbocycles. The van der Waals surface area contributed by atoms with Crippen LogP contribution in [0.2, 0.25) is 0 Å². The summed E-state index contributed by atoms with van der Waals surface area (Å²) in [6, 6.07) is 25.4. The summed E-state index contributed by atoms with van der Waals surface area (Å²) in [6.45, 7) is 6.92. The molecule has 0 aliphatic carbocycles. The number of amides is 1. The van der Waals surface area contributed by atoms with E-state index in [4.69, 9.17) is 5.11 Å². The van der Waals surface area contributed by atoms with Gasteiger partial charge in [-0.3, -0.25) is 9.59 Å². The monoisotopic (exact) mass is 503 g/mol. The molecular formula is C31H37NO3S. The Morgan fingerprint density at radius 2 is 1.42 bits per heavy atom. The smallest absolute Gasteiger partial charge is 0.305 e. The normalized spacial score (nSPS) is 11.9. The minimum atomic E-state index is -0.919. The minimum Gasteiger partial charge on any atom is -0.481 e. The second-order valence-electron chi connectivity index (χ2n) is 9.87. The van der Waals surface area contributed by atoms with Crippen LogP contribution in [0.5, 0.6) is 0 Å². The van der Waals surface area contributed by atoms with E-state index in [1.807, 2.05) is 36.0 Å². The number of hydrogen-bond acceptors (Lipinski definition) is 3. The van der Waals surface area contributed by atoms with E-state index in [0.717, 1.165) is 25.0 Å². The molecule has 0 aliphatic rings. The highest BCUT2D eigenvalue weighted by molar-refractivity contribution is 7.99. The average Bonchev–Trinajstić information content (AvgIpc) is 2.87. The van der Waals surface area contributed by atoms with Gasteiger partial charge < -0.3 is 10.4 Å². The van der Waals surface area contributed by atoms with Gasteiger partial charge in [-0.2, -0.15) is 0 Å². The standard InChI is InChI=1S/C31H37NO3S/c1-22(2)20-25-8-10-26(11-9-25)27-14-16-29(17-15-27)36-21-23(3)4-5-24-6-12-28(13-7-24)31(35)32-19-18-30(33)34/h6-17,22-23H,4-5,18-21H2,1-3H3,(H,32,35)(H,33,34). The highest BCUT2D eigenvalue weighted by Gasteiger charge is 2.08. The van der Waals surface area contributed by atoms with E-state index in [0.29, 0.717) is 17.4 Å². The Bertz CT molecular complexity index is 1110. The Labute approximate surface area is 219 Å². The van der Waals surface area contributed by atoms with Crippen molar-refractivity contribution in [3.63, 3.8) is 0 Å². The maximum absolute atomic E-state index is 12.1. The average molecular weight is 504 g/mol. The third-order valence-electron chi connectivity index (χ3n) is 6.09. The number of aryl methyl sites for hydroxylation is 1. The van der Waals surface area contributed by atoms with E-state index < -0.39 is 5.97 Å². The van der Waals surface area contributed by atoms with Crippen molar-refractivity contribution in [3.8, 4) is 11.1 Å². The van der Waals surface area contributed by atoms with Gasteiger partial charge >= 0.3 is 5.97 Å². The maximum atomic E-state index is 12.1. The summed E-state index contributed by atoms with van der Waals surface area (Å²) in [5, 5.41) is 11.3. The van der Waals surface area contributed by atoms with Gasteiger partial charge in [0.2, 0.25) is 0 Å². The van der Waals surface area contributed by atoms with Crippen LogP contribution in [0.25, 0.3) is 11.1 Å².